The van der Waals surface area contributed by atoms with Crippen molar-refractivity contribution in [2.45, 2.75) is 20.5 Å². The van der Waals surface area contributed by atoms with Crippen LogP contribution in [0.1, 0.15) is 22.3 Å². The average molecular weight is 661 g/mol. The number of nitrogens with zero attached hydrogens (tertiary/aromatic N) is 1. The molecule has 1 saturated heterocycles. The Morgan fingerprint density at radius 2 is 1.78 bits per heavy atom. The molecule has 36 heavy (non-hydrogen) atoms. The van der Waals surface area contributed by atoms with Gasteiger partial charge in [-0.2, -0.15) is 0 Å². The van der Waals surface area contributed by atoms with Crippen LogP contribution in [0.2, 0.25) is 0 Å². The molecule has 0 bridgehead atoms. The number of barbiturate groups is 1. The Hall–Kier alpha value is -3.18. The lowest BCUT2D eigenvalue weighted by Crippen LogP contribution is -2.54. The van der Waals surface area contributed by atoms with Crippen LogP contribution in [-0.2, 0) is 16.2 Å². The third kappa shape index (κ3) is 5.31. The van der Waals surface area contributed by atoms with Gasteiger partial charge in [-0.15, -0.1) is 0 Å². The van der Waals surface area contributed by atoms with Crippen molar-refractivity contribution in [3.63, 3.8) is 0 Å². The van der Waals surface area contributed by atoms with Crippen molar-refractivity contribution >= 4 is 68.1 Å². The van der Waals surface area contributed by atoms with Crippen molar-refractivity contribution in [1.29, 1.82) is 0 Å². The SMILES string of the molecule is COc1cc(/C=C2\C(=O)NC(=O)N(c3ccc(C)c(C)c3)C2=O)cc(I)c1OCc1ccccc1Br. The first-order valence-electron chi connectivity index (χ1n) is 10.9. The van der Waals surface area contributed by atoms with Gasteiger partial charge in [0.2, 0.25) is 0 Å². The number of imide groups is 2. The number of hydrogen-bond donors (Lipinski definition) is 1. The van der Waals surface area contributed by atoms with Crippen LogP contribution in [0, 0.1) is 17.4 Å². The fourth-order valence-electron chi connectivity index (χ4n) is 3.65. The number of ether oxygens (including phenoxy) is 2. The maximum atomic E-state index is 13.3. The molecule has 0 atom stereocenters. The number of benzene rings is 3. The van der Waals surface area contributed by atoms with E-state index in [0.717, 1.165) is 29.6 Å². The monoisotopic (exact) mass is 660 g/mol. The zero-order valence-electron chi connectivity index (χ0n) is 19.7. The second-order valence-electron chi connectivity index (χ2n) is 8.14. The topological polar surface area (TPSA) is 84.9 Å². The Kier molecular flexibility index (Phi) is 7.79. The number of nitrogens with one attached hydrogen (secondary N) is 1. The molecular weight excluding hydrogens is 639 g/mol. The predicted octanol–water partition coefficient (Wildman–Crippen LogP) is 5.92. The second kappa shape index (κ2) is 10.8. The lowest BCUT2D eigenvalue weighted by atomic mass is 10.0. The summed E-state index contributed by atoms with van der Waals surface area (Å²) in [5.74, 6) is -0.461. The number of hydrogen-bond acceptors (Lipinski definition) is 5. The number of urea groups is 1. The minimum absolute atomic E-state index is 0.160. The van der Waals surface area contributed by atoms with Crippen molar-refractivity contribution in [3.8, 4) is 11.5 Å². The molecule has 0 aromatic heterocycles. The summed E-state index contributed by atoms with van der Waals surface area (Å²) in [6.45, 7) is 4.15. The maximum absolute atomic E-state index is 13.3. The normalized spacial score (nSPS) is 14.8. The summed E-state index contributed by atoms with van der Waals surface area (Å²) in [5, 5.41) is 2.26. The standard InChI is InChI=1S/C27H22BrIN2O5/c1-15-8-9-19(10-16(15)2)31-26(33)20(25(32)30-27(31)34)11-17-12-22(29)24(23(13-17)35-3)36-14-18-6-4-5-7-21(18)28/h4-13H,14H2,1-3H3,(H,30,32,34)/b20-11+. The van der Waals surface area contributed by atoms with E-state index in [2.05, 4.69) is 43.8 Å². The van der Waals surface area contributed by atoms with Gasteiger partial charge < -0.3 is 9.47 Å². The van der Waals surface area contributed by atoms with E-state index >= 15 is 0 Å². The highest BCUT2D eigenvalue weighted by atomic mass is 127. The molecule has 3 aromatic rings. The molecule has 1 aliphatic heterocycles. The lowest BCUT2D eigenvalue weighted by molar-refractivity contribution is -0.122. The van der Waals surface area contributed by atoms with Gasteiger partial charge in [0.15, 0.2) is 11.5 Å². The third-order valence-corrected chi connectivity index (χ3v) is 7.32. The summed E-state index contributed by atoms with van der Waals surface area (Å²) >= 11 is 5.64. The lowest BCUT2D eigenvalue weighted by Gasteiger charge is -2.27. The van der Waals surface area contributed by atoms with Gasteiger partial charge in [-0.05, 0) is 89.5 Å². The molecule has 0 radical (unpaired) electrons. The molecule has 1 N–H and O–H groups in total. The van der Waals surface area contributed by atoms with Gasteiger partial charge in [0.25, 0.3) is 11.8 Å². The van der Waals surface area contributed by atoms with E-state index in [0.29, 0.717) is 29.4 Å². The van der Waals surface area contributed by atoms with E-state index in [1.807, 2.05) is 44.2 Å². The number of carbonyl (C=O) groups is 3. The molecule has 0 aliphatic carbocycles. The van der Waals surface area contributed by atoms with E-state index < -0.39 is 17.8 Å². The molecule has 1 heterocycles. The molecule has 0 spiro atoms. The Balaban J connectivity index is 1.66. The summed E-state index contributed by atoms with van der Waals surface area (Å²) in [4.78, 5) is 39.4. The van der Waals surface area contributed by atoms with Crippen molar-refractivity contribution in [2.24, 2.45) is 0 Å². The number of methoxy groups -OCH3 is 1. The number of halogens is 2. The zero-order valence-corrected chi connectivity index (χ0v) is 23.5. The Labute approximate surface area is 230 Å². The van der Waals surface area contributed by atoms with E-state index in [-0.39, 0.29) is 5.57 Å². The van der Waals surface area contributed by atoms with Gasteiger partial charge in [0.05, 0.1) is 16.4 Å². The first kappa shape index (κ1) is 25.9. The van der Waals surface area contributed by atoms with Crippen molar-refractivity contribution < 1.29 is 23.9 Å². The van der Waals surface area contributed by atoms with Crippen LogP contribution in [-0.4, -0.2) is 25.0 Å². The molecule has 7 nitrogen and oxygen atoms in total. The second-order valence-corrected chi connectivity index (χ2v) is 10.2. The Morgan fingerprint density at radius 3 is 2.47 bits per heavy atom. The molecule has 4 amide bonds. The average Bonchev–Trinajstić information content (AvgIpc) is 2.83. The Morgan fingerprint density at radius 1 is 1.03 bits per heavy atom. The Bertz CT molecular complexity index is 1420. The van der Waals surface area contributed by atoms with Crippen LogP contribution >= 0.6 is 38.5 Å². The summed E-state index contributed by atoms with van der Waals surface area (Å²) in [7, 11) is 1.52. The van der Waals surface area contributed by atoms with Crippen LogP contribution in [0.3, 0.4) is 0 Å². The van der Waals surface area contributed by atoms with E-state index in [1.165, 1.54) is 13.2 Å². The molecule has 3 aromatic carbocycles. The molecule has 0 saturated carbocycles. The molecule has 0 unspecified atom stereocenters. The van der Waals surface area contributed by atoms with Gasteiger partial charge in [-0.25, -0.2) is 9.69 Å². The number of rotatable bonds is 6. The minimum atomic E-state index is -0.784. The van der Waals surface area contributed by atoms with Gasteiger partial charge in [0, 0.05) is 10.0 Å². The van der Waals surface area contributed by atoms with E-state index in [9.17, 15) is 14.4 Å². The number of anilines is 1. The molecule has 184 valence electrons. The van der Waals surface area contributed by atoms with Gasteiger partial charge in [0.1, 0.15) is 12.2 Å². The first-order valence-corrected chi connectivity index (χ1v) is 12.8. The van der Waals surface area contributed by atoms with Gasteiger partial charge in [-0.3, -0.25) is 14.9 Å². The van der Waals surface area contributed by atoms with Crippen LogP contribution in [0.5, 0.6) is 11.5 Å². The summed E-state index contributed by atoms with van der Waals surface area (Å²) in [6, 6.07) is 15.7. The van der Waals surface area contributed by atoms with Crippen molar-refractivity contribution in [1.82, 2.24) is 5.32 Å². The molecule has 9 heteroatoms. The quantitative estimate of drug-likeness (QED) is 0.202. The summed E-state index contributed by atoms with van der Waals surface area (Å²) in [6.07, 6.45) is 1.44. The van der Waals surface area contributed by atoms with Crippen molar-refractivity contribution in [3.05, 3.63) is 90.5 Å². The minimum Gasteiger partial charge on any atom is -0.493 e. The fourth-order valence-corrected chi connectivity index (χ4v) is 4.83. The van der Waals surface area contributed by atoms with Gasteiger partial charge >= 0.3 is 6.03 Å². The highest BCUT2D eigenvalue weighted by Crippen LogP contribution is 2.36. The maximum Gasteiger partial charge on any atom is 0.335 e. The van der Waals surface area contributed by atoms with Crippen molar-refractivity contribution in [2.75, 3.05) is 12.0 Å². The van der Waals surface area contributed by atoms with Gasteiger partial charge in [-0.1, -0.05) is 40.2 Å². The molecular formula is C27H22BrIN2O5. The molecule has 4 rings (SSSR count). The fraction of sp³-hybridized carbons (Fsp3) is 0.148. The van der Waals surface area contributed by atoms with Crippen LogP contribution in [0.25, 0.3) is 6.08 Å². The predicted molar refractivity (Wildman–Crippen MR) is 149 cm³/mol. The van der Waals surface area contributed by atoms with Crippen LogP contribution in [0.4, 0.5) is 10.5 Å². The highest BCUT2D eigenvalue weighted by Gasteiger charge is 2.37. The first-order chi connectivity index (χ1) is 17.2. The third-order valence-electron chi connectivity index (χ3n) is 5.74. The summed E-state index contributed by atoms with van der Waals surface area (Å²) < 4.78 is 13.2. The summed E-state index contributed by atoms with van der Waals surface area (Å²) in [5.41, 5.74) is 3.71. The smallest absolute Gasteiger partial charge is 0.335 e. The van der Waals surface area contributed by atoms with E-state index in [4.69, 9.17) is 9.47 Å². The largest absolute Gasteiger partial charge is 0.493 e. The highest BCUT2D eigenvalue weighted by molar-refractivity contribution is 14.1. The number of amides is 4. The number of carbonyl (C=O) groups excluding carboxylic acids is 3. The van der Waals surface area contributed by atoms with E-state index in [1.54, 1.807) is 24.3 Å². The number of aryl methyl sites for hydroxylation is 2. The van der Waals surface area contributed by atoms with Crippen LogP contribution < -0.4 is 19.7 Å². The molecule has 1 fully saturated rings. The zero-order chi connectivity index (χ0) is 26.0. The van der Waals surface area contributed by atoms with Crippen LogP contribution in [0.15, 0.2) is 64.6 Å². The molecule has 1 aliphatic rings.